The number of nitrogens with two attached hydrogens (primary N) is 2. The van der Waals surface area contributed by atoms with Crippen LogP contribution in [0.3, 0.4) is 0 Å². The number of allylic oxidation sites excluding steroid dienone is 1. The summed E-state index contributed by atoms with van der Waals surface area (Å²) in [7, 11) is 0. The molecule has 0 aliphatic rings. The number of hydrogen-bond donors (Lipinski definition) is 3. The van der Waals surface area contributed by atoms with E-state index in [0.717, 1.165) is 6.21 Å². The van der Waals surface area contributed by atoms with Crippen molar-refractivity contribution in [2.24, 2.45) is 5.73 Å². The van der Waals surface area contributed by atoms with Gasteiger partial charge in [-0.1, -0.05) is 6.07 Å². The monoisotopic (exact) mass is 271 g/mol. The predicted octanol–water partition coefficient (Wildman–Crippen LogP) is 3.15. The highest BCUT2D eigenvalue weighted by Gasteiger charge is 2.09. The van der Waals surface area contributed by atoms with E-state index in [1.807, 2.05) is 0 Å². The molecule has 0 aliphatic heterocycles. The molecule has 4 nitrogen and oxygen atoms in total. The van der Waals surface area contributed by atoms with Gasteiger partial charge in [-0.2, -0.15) is 0 Å². The highest BCUT2D eigenvalue weighted by atomic mass is 19.1. The fraction of sp³-hybridized carbons (Fsp3) is 0. The molecule has 2 aromatic rings. The maximum Gasteiger partial charge on any atom is 0.137 e. The summed E-state index contributed by atoms with van der Waals surface area (Å²) >= 11 is 0. The van der Waals surface area contributed by atoms with Gasteiger partial charge in [0.15, 0.2) is 0 Å². The van der Waals surface area contributed by atoms with Crippen molar-refractivity contribution in [3.63, 3.8) is 0 Å². The van der Waals surface area contributed by atoms with Gasteiger partial charge >= 0.3 is 0 Å². The number of nitrogens with one attached hydrogen (secondary N) is 1. The van der Waals surface area contributed by atoms with Gasteiger partial charge in [-0.25, -0.2) is 4.39 Å². The predicted molar refractivity (Wildman–Crippen MR) is 78.3 cm³/mol. The first kappa shape index (κ1) is 13.6. The van der Waals surface area contributed by atoms with Crippen molar-refractivity contribution >= 4 is 17.5 Å². The van der Waals surface area contributed by atoms with Gasteiger partial charge in [-0.05, 0) is 24.3 Å². The second kappa shape index (κ2) is 5.88. The summed E-state index contributed by atoms with van der Waals surface area (Å²) in [6, 6.07) is 10.8. The van der Waals surface area contributed by atoms with Crippen LogP contribution in [0.15, 0.2) is 48.7 Å². The van der Waals surface area contributed by atoms with E-state index >= 15 is 0 Å². The maximum absolute atomic E-state index is 13.2. The van der Waals surface area contributed by atoms with Crippen molar-refractivity contribution in [3.8, 4) is 11.5 Å². The van der Waals surface area contributed by atoms with Gasteiger partial charge in [-0.15, -0.1) is 0 Å². The molecule has 0 radical (unpaired) electrons. The van der Waals surface area contributed by atoms with Gasteiger partial charge in [0.2, 0.25) is 0 Å². The van der Waals surface area contributed by atoms with Gasteiger partial charge in [0, 0.05) is 41.4 Å². The Balaban J connectivity index is 2.44. The lowest BCUT2D eigenvalue weighted by Crippen LogP contribution is -1.97. The molecule has 0 saturated carbocycles. The lowest BCUT2D eigenvalue weighted by atomic mass is 10.1. The van der Waals surface area contributed by atoms with E-state index in [2.05, 4.69) is 0 Å². The minimum absolute atomic E-state index is 0.346. The van der Waals surface area contributed by atoms with Crippen molar-refractivity contribution in [2.45, 2.75) is 0 Å². The standard InChI is InChI=1S/C15H14FN3O/c16-11-2-1-3-13(6-11)20-15-7-12(19)4-5-14(15)10(8-17)9-18/h1-9,17H,18-19H2/b10-9+,17-8?. The highest BCUT2D eigenvalue weighted by molar-refractivity contribution is 6.09. The third-order valence-electron chi connectivity index (χ3n) is 2.68. The van der Waals surface area contributed by atoms with Crippen LogP contribution in [-0.4, -0.2) is 6.21 Å². The number of anilines is 1. The Morgan fingerprint density at radius 1 is 1.20 bits per heavy atom. The average Bonchev–Trinajstić information content (AvgIpc) is 2.42. The van der Waals surface area contributed by atoms with Crippen LogP contribution in [0.2, 0.25) is 0 Å². The van der Waals surface area contributed by atoms with Gasteiger partial charge in [0.05, 0.1) is 0 Å². The van der Waals surface area contributed by atoms with Gasteiger partial charge in [0.1, 0.15) is 17.3 Å². The molecule has 0 fully saturated rings. The molecule has 0 aromatic heterocycles. The lowest BCUT2D eigenvalue weighted by Gasteiger charge is -2.12. The topological polar surface area (TPSA) is 85.1 Å². The number of benzene rings is 2. The second-order valence-electron chi connectivity index (χ2n) is 4.08. The molecule has 0 spiro atoms. The van der Waals surface area contributed by atoms with E-state index < -0.39 is 5.82 Å². The first-order valence-corrected chi connectivity index (χ1v) is 5.89. The highest BCUT2D eigenvalue weighted by Crippen LogP contribution is 2.31. The summed E-state index contributed by atoms with van der Waals surface area (Å²) in [5, 5.41) is 7.34. The fourth-order valence-corrected chi connectivity index (χ4v) is 1.73. The Bertz CT molecular complexity index is 668. The van der Waals surface area contributed by atoms with Crippen LogP contribution in [0, 0.1) is 11.2 Å². The molecule has 0 bridgehead atoms. The van der Waals surface area contributed by atoms with Crippen LogP contribution < -0.4 is 16.2 Å². The first-order chi connectivity index (χ1) is 9.63. The Kier molecular flexibility index (Phi) is 4.00. The third kappa shape index (κ3) is 2.95. The maximum atomic E-state index is 13.2. The van der Waals surface area contributed by atoms with Crippen molar-refractivity contribution in [2.75, 3.05) is 5.73 Å². The Morgan fingerprint density at radius 3 is 2.65 bits per heavy atom. The fourth-order valence-electron chi connectivity index (χ4n) is 1.73. The summed E-state index contributed by atoms with van der Waals surface area (Å²) in [5.41, 5.74) is 12.8. The zero-order valence-corrected chi connectivity index (χ0v) is 10.6. The SMILES string of the molecule is N=C/C(=C\N)c1ccc(N)cc1Oc1cccc(F)c1. The van der Waals surface area contributed by atoms with E-state index in [9.17, 15) is 4.39 Å². The number of ether oxygens (including phenoxy) is 1. The van der Waals surface area contributed by atoms with E-state index in [4.69, 9.17) is 21.6 Å². The normalized spacial score (nSPS) is 11.2. The minimum Gasteiger partial charge on any atom is -0.457 e. The molecule has 5 N–H and O–H groups in total. The van der Waals surface area contributed by atoms with Crippen LogP contribution in [-0.2, 0) is 0 Å². The summed E-state index contributed by atoms with van der Waals surface area (Å²) in [6.07, 6.45) is 2.42. The molecule has 0 amide bonds. The van der Waals surface area contributed by atoms with Crippen molar-refractivity contribution in [1.82, 2.24) is 0 Å². The molecule has 0 unspecified atom stereocenters. The van der Waals surface area contributed by atoms with Crippen LogP contribution in [0.1, 0.15) is 5.56 Å². The second-order valence-corrected chi connectivity index (χ2v) is 4.08. The Labute approximate surface area is 116 Å². The number of rotatable bonds is 4. The van der Waals surface area contributed by atoms with Crippen LogP contribution >= 0.6 is 0 Å². The van der Waals surface area contributed by atoms with Crippen molar-refractivity contribution in [1.29, 1.82) is 5.41 Å². The molecule has 0 aliphatic carbocycles. The lowest BCUT2D eigenvalue weighted by molar-refractivity contribution is 0.476. The zero-order valence-electron chi connectivity index (χ0n) is 10.6. The van der Waals surface area contributed by atoms with Crippen molar-refractivity contribution < 1.29 is 9.13 Å². The Hall–Kier alpha value is -2.82. The summed E-state index contributed by atoms with van der Waals surface area (Å²) in [5.74, 6) is 0.364. The molecule has 2 aromatic carbocycles. The molecule has 0 heterocycles. The molecule has 0 saturated heterocycles. The molecule has 0 atom stereocenters. The molecular weight excluding hydrogens is 257 g/mol. The van der Waals surface area contributed by atoms with Gasteiger partial charge < -0.3 is 21.6 Å². The molecule has 20 heavy (non-hydrogen) atoms. The van der Waals surface area contributed by atoms with Gasteiger partial charge in [-0.3, -0.25) is 0 Å². The van der Waals surface area contributed by atoms with Gasteiger partial charge in [0.25, 0.3) is 0 Å². The largest absolute Gasteiger partial charge is 0.457 e. The van der Waals surface area contributed by atoms with E-state index in [1.54, 1.807) is 30.3 Å². The molecular formula is C15H14FN3O. The summed E-state index contributed by atoms with van der Waals surface area (Å²) < 4.78 is 18.8. The quantitative estimate of drug-likeness (QED) is 0.590. The minimum atomic E-state index is -0.394. The summed E-state index contributed by atoms with van der Waals surface area (Å²) in [6.45, 7) is 0. The molecule has 102 valence electrons. The number of nitrogen functional groups attached to an aromatic ring is 1. The van der Waals surface area contributed by atoms with E-state index in [0.29, 0.717) is 28.3 Å². The average molecular weight is 271 g/mol. The van der Waals surface area contributed by atoms with Crippen molar-refractivity contribution in [3.05, 3.63) is 60.0 Å². The summed E-state index contributed by atoms with van der Waals surface area (Å²) in [4.78, 5) is 0. The van der Waals surface area contributed by atoms with E-state index in [1.165, 1.54) is 18.3 Å². The van der Waals surface area contributed by atoms with Crippen LogP contribution in [0.5, 0.6) is 11.5 Å². The van der Waals surface area contributed by atoms with E-state index in [-0.39, 0.29) is 0 Å². The smallest absolute Gasteiger partial charge is 0.137 e. The van der Waals surface area contributed by atoms with Crippen LogP contribution in [0.25, 0.3) is 5.57 Å². The first-order valence-electron chi connectivity index (χ1n) is 5.89. The number of hydrogen-bond acceptors (Lipinski definition) is 4. The number of halogens is 1. The molecule has 5 heteroatoms. The zero-order chi connectivity index (χ0) is 14.5. The molecule has 2 rings (SSSR count). The van der Waals surface area contributed by atoms with Crippen LogP contribution in [0.4, 0.5) is 10.1 Å². The Morgan fingerprint density at radius 2 is 2.00 bits per heavy atom. The third-order valence-corrected chi connectivity index (χ3v) is 2.68.